The summed E-state index contributed by atoms with van der Waals surface area (Å²) in [7, 11) is 0. The number of morpholine rings is 1. The van der Waals surface area contributed by atoms with E-state index in [4.69, 9.17) is 19.4 Å². The molecule has 3 aromatic heterocycles. The predicted octanol–water partition coefficient (Wildman–Crippen LogP) is 3.56. The van der Waals surface area contributed by atoms with E-state index < -0.39 is 0 Å². The normalized spacial score (nSPS) is 19.3. The summed E-state index contributed by atoms with van der Waals surface area (Å²) < 4.78 is 13.7. The van der Waals surface area contributed by atoms with Crippen molar-refractivity contribution in [1.29, 1.82) is 0 Å². The molecule has 6 rings (SSSR count). The fourth-order valence-electron chi connectivity index (χ4n) is 5.37. The van der Waals surface area contributed by atoms with Crippen LogP contribution in [0.15, 0.2) is 36.7 Å². The number of nitrogens with zero attached hydrogens (tertiary/aromatic N) is 8. The molecular formula is C28H34N8O2. The Bertz CT molecular complexity index is 1410. The van der Waals surface area contributed by atoms with Crippen LogP contribution >= 0.6 is 0 Å². The fraction of sp³-hybridized carbons (Fsp3) is 0.464. The number of fused-ring (bicyclic) bond motifs is 1. The summed E-state index contributed by atoms with van der Waals surface area (Å²) in [5.74, 6) is 2.95. The van der Waals surface area contributed by atoms with Gasteiger partial charge in [0, 0.05) is 37.7 Å². The maximum Gasteiger partial charge on any atom is 0.253 e. The van der Waals surface area contributed by atoms with Crippen molar-refractivity contribution in [3.8, 4) is 17.0 Å². The second-order valence-electron chi connectivity index (χ2n) is 10.2. The maximum absolute atomic E-state index is 6.42. The Labute approximate surface area is 222 Å². The van der Waals surface area contributed by atoms with Crippen LogP contribution in [0.1, 0.15) is 42.2 Å². The first-order valence-electron chi connectivity index (χ1n) is 13.3. The van der Waals surface area contributed by atoms with Gasteiger partial charge in [-0.1, -0.05) is 24.3 Å². The van der Waals surface area contributed by atoms with Gasteiger partial charge in [-0.05, 0) is 33.3 Å². The quantitative estimate of drug-likeness (QED) is 0.383. The zero-order valence-electron chi connectivity index (χ0n) is 22.5. The Morgan fingerprint density at radius 2 is 1.76 bits per heavy atom. The van der Waals surface area contributed by atoms with Gasteiger partial charge in [0.1, 0.15) is 17.7 Å². The molecular weight excluding hydrogens is 480 g/mol. The molecule has 2 unspecified atom stereocenters. The standard InChI is InChI=1S/C28H34N8O2/c1-18-27(20(3)36-28(31-18)32-21(4)33-36)38-24-9-10-35(17-24)26-16-29-25(15-30-26)23-7-5-22(6-8-23)19(2)34-11-13-37-14-12-34/h5-8,15-16,19,24H,9-14,17H2,1-4H3. The summed E-state index contributed by atoms with van der Waals surface area (Å²) in [5, 5.41) is 4.45. The average molecular weight is 515 g/mol. The Balaban J connectivity index is 1.10. The average Bonchev–Trinajstić information content (AvgIpc) is 3.57. The van der Waals surface area contributed by atoms with Gasteiger partial charge < -0.3 is 14.4 Å². The lowest BCUT2D eigenvalue weighted by molar-refractivity contribution is 0.0198. The number of anilines is 1. The lowest BCUT2D eigenvalue weighted by atomic mass is 10.0. The monoisotopic (exact) mass is 514 g/mol. The first kappa shape index (κ1) is 24.7. The van der Waals surface area contributed by atoms with Gasteiger partial charge in [-0.15, -0.1) is 5.10 Å². The lowest BCUT2D eigenvalue weighted by Crippen LogP contribution is -2.37. The Morgan fingerprint density at radius 3 is 2.50 bits per heavy atom. The molecule has 0 bridgehead atoms. The Hall–Kier alpha value is -3.63. The van der Waals surface area contributed by atoms with Crippen LogP contribution in [0.2, 0.25) is 0 Å². The maximum atomic E-state index is 6.42. The number of ether oxygens (including phenoxy) is 2. The third-order valence-electron chi connectivity index (χ3n) is 7.61. The minimum atomic E-state index is 0.0405. The molecule has 0 spiro atoms. The van der Waals surface area contributed by atoms with E-state index in [1.54, 1.807) is 4.52 Å². The molecule has 2 saturated heterocycles. The van der Waals surface area contributed by atoms with Crippen molar-refractivity contribution in [3.63, 3.8) is 0 Å². The highest BCUT2D eigenvalue weighted by molar-refractivity contribution is 5.59. The third kappa shape index (κ3) is 4.81. The predicted molar refractivity (Wildman–Crippen MR) is 145 cm³/mol. The molecule has 0 amide bonds. The van der Waals surface area contributed by atoms with E-state index in [0.29, 0.717) is 17.6 Å². The van der Waals surface area contributed by atoms with Crippen molar-refractivity contribution in [2.75, 3.05) is 44.3 Å². The number of aromatic nitrogens is 6. The molecule has 0 N–H and O–H groups in total. The smallest absolute Gasteiger partial charge is 0.253 e. The van der Waals surface area contributed by atoms with E-state index in [0.717, 1.165) is 80.0 Å². The second-order valence-corrected chi connectivity index (χ2v) is 10.2. The molecule has 0 radical (unpaired) electrons. The van der Waals surface area contributed by atoms with Crippen LogP contribution in [-0.4, -0.2) is 79.9 Å². The van der Waals surface area contributed by atoms with Crippen molar-refractivity contribution in [2.24, 2.45) is 0 Å². The molecule has 2 fully saturated rings. The number of rotatable bonds is 6. The van der Waals surface area contributed by atoms with Crippen LogP contribution in [0.25, 0.3) is 17.0 Å². The topological polar surface area (TPSA) is 93.8 Å². The number of hydrogen-bond donors (Lipinski definition) is 0. The van der Waals surface area contributed by atoms with Gasteiger partial charge in [0.25, 0.3) is 5.78 Å². The molecule has 5 heterocycles. The first-order chi connectivity index (χ1) is 18.5. The zero-order chi connectivity index (χ0) is 26.2. The molecule has 2 atom stereocenters. The summed E-state index contributed by atoms with van der Waals surface area (Å²) in [4.78, 5) is 23.1. The highest BCUT2D eigenvalue weighted by atomic mass is 16.5. The van der Waals surface area contributed by atoms with Crippen molar-refractivity contribution in [1.82, 2.24) is 34.4 Å². The van der Waals surface area contributed by atoms with Crippen molar-refractivity contribution < 1.29 is 9.47 Å². The minimum Gasteiger partial charge on any atom is -0.485 e. The van der Waals surface area contributed by atoms with Crippen LogP contribution in [0, 0.1) is 20.8 Å². The van der Waals surface area contributed by atoms with Gasteiger partial charge in [0.2, 0.25) is 0 Å². The summed E-state index contributed by atoms with van der Waals surface area (Å²) in [6.07, 6.45) is 4.67. The SMILES string of the molecule is Cc1nc2nc(C)c(OC3CCN(c4cnc(-c5ccc(C(C)N6CCOCC6)cc5)cn4)C3)c(C)n2n1. The van der Waals surface area contributed by atoms with Gasteiger partial charge in [0.15, 0.2) is 5.75 Å². The summed E-state index contributed by atoms with van der Waals surface area (Å²) in [5.41, 5.74) is 5.00. The largest absolute Gasteiger partial charge is 0.485 e. The van der Waals surface area contributed by atoms with E-state index in [9.17, 15) is 0 Å². The van der Waals surface area contributed by atoms with E-state index in [-0.39, 0.29) is 6.10 Å². The van der Waals surface area contributed by atoms with E-state index in [2.05, 4.69) is 56.1 Å². The number of hydrogen-bond acceptors (Lipinski definition) is 9. The highest BCUT2D eigenvalue weighted by Gasteiger charge is 2.27. The van der Waals surface area contributed by atoms with Crippen LogP contribution in [0.5, 0.6) is 5.75 Å². The van der Waals surface area contributed by atoms with Gasteiger partial charge in [0.05, 0.1) is 49.2 Å². The van der Waals surface area contributed by atoms with Crippen molar-refractivity contribution in [3.05, 3.63) is 59.4 Å². The molecule has 198 valence electrons. The third-order valence-corrected chi connectivity index (χ3v) is 7.61. The molecule has 10 nitrogen and oxygen atoms in total. The van der Waals surface area contributed by atoms with Gasteiger partial charge >= 0.3 is 0 Å². The Morgan fingerprint density at radius 1 is 0.974 bits per heavy atom. The Kier molecular flexibility index (Phi) is 6.67. The van der Waals surface area contributed by atoms with Crippen LogP contribution in [-0.2, 0) is 4.74 Å². The molecule has 38 heavy (non-hydrogen) atoms. The van der Waals surface area contributed by atoms with Crippen molar-refractivity contribution >= 4 is 11.6 Å². The number of benzene rings is 1. The molecule has 2 aliphatic rings. The first-order valence-corrected chi connectivity index (χ1v) is 13.3. The second kappa shape index (κ2) is 10.3. The van der Waals surface area contributed by atoms with Crippen LogP contribution < -0.4 is 9.64 Å². The molecule has 0 saturated carbocycles. The fourth-order valence-corrected chi connectivity index (χ4v) is 5.37. The van der Waals surface area contributed by atoms with Gasteiger partial charge in [-0.25, -0.2) is 9.97 Å². The highest BCUT2D eigenvalue weighted by Crippen LogP contribution is 2.28. The number of aryl methyl sites for hydroxylation is 3. The summed E-state index contributed by atoms with van der Waals surface area (Å²) in [6, 6.07) is 9.05. The molecule has 2 aliphatic heterocycles. The van der Waals surface area contributed by atoms with Crippen LogP contribution in [0.4, 0.5) is 5.82 Å². The summed E-state index contributed by atoms with van der Waals surface area (Å²) >= 11 is 0. The minimum absolute atomic E-state index is 0.0405. The van der Waals surface area contributed by atoms with Gasteiger partial charge in [-0.2, -0.15) is 9.50 Å². The lowest BCUT2D eigenvalue weighted by Gasteiger charge is -2.32. The summed E-state index contributed by atoms with van der Waals surface area (Å²) in [6.45, 7) is 13.3. The van der Waals surface area contributed by atoms with Gasteiger partial charge in [-0.3, -0.25) is 9.88 Å². The zero-order valence-corrected chi connectivity index (χ0v) is 22.5. The molecule has 4 aromatic rings. The van der Waals surface area contributed by atoms with E-state index in [1.807, 2.05) is 33.2 Å². The molecule has 0 aliphatic carbocycles. The molecule has 10 heteroatoms. The molecule has 1 aromatic carbocycles. The van der Waals surface area contributed by atoms with E-state index in [1.165, 1.54) is 5.56 Å². The van der Waals surface area contributed by atoms with Crippen LogP contribution in [0.3, 0.4) is 0 Å². The van der Waals surface area contributed by atoms with Crippen molar-refractivity contribution in [2.45, 2.75) is 46.3 Å². The van der Waals surface area contributed by atoms with E-state index >= 15 is 0 Å².